The Morgan fingerprint density at radius 2 is 1.57 bits per heavy atom. The average molecular weight is 563 g/mol. The van der Waals surface area contributed by atoms with Gasteiger partial charge in [-0.05, 0) is 31.6 Å². The summed E-state index contributed by atoms with van der Waals surface area (Å²) in [6.07, 6.45) is -2.18. The molecule has 1 aromatic carbocycles. The first-order valence-electron chi connectivity index (χ1n) is 12.1. The van der Waals surface area contributed by atoms with Gasteiger partial charge in [-0.1, -0.05) is 19.1 Å². The SMILES string of the molecule is C[C@H]1c2cccc(O)c2C(=O)C2=C(O)[C@]3(O)C(=O)C(C(N)=O)=C(O)[C@@H](N(C)C)[C@H]3[C@@H](O)[C@@H]21.O=C(O)CCC(=O)O. The van der Waals surface area contributed by atoms with Crippen molar-refractivity contribution in [3.8, 4) is 5.75 Å². The van der Waals surface area contributed by atoms with Gasteiger partial charge in [-0.25, -0.2) is 0 Å². The minimum atomic E-state index is -2.89. The van der Waals surface area contributed by atoms with E-state index in [-0.39, 0.29) is 24.2 Å². The number of benzene rings is 1. The van der Waals surface area contributed by atoms with Crippen LogP contribution in [-0.4, -0.2) is 102 Å². The van der Waals surface area contributed by atoms with Crippen LogP contribution in [0.25, 0.3) is 0 Å². The summed E-state index contributed by atoms with van der Waals surface area (Å²) in [4.78, 5) is 59.1. The summed E-state index contributed by atoms with van der Waals surface area (Å²) in [5.74, 6) is -11.0. The molecule has 40 heavy (non-hydrogen) atoms. The number of nitrogens with zero attached hydrogens (tertiary/aromatic N) is 1. The molecule has 1 amide bonds. The Morgan fingerprint density at radius 1 is 1.02 bits per heavy atom. The number of carbonyl (C=O) groups is 5. The molecule has 4 rings (SSSR count). The van der Waals surface area contributed by atoms with Gasteiger partial charge in [-0.2, -0.15) is 0 Å². The summed E-state index contributed by atoms with van der Waals surface area (Å²) in [5, 5.41) is 70.8. The number of likely N-dealkylation sites (N-methyl/N-ethyl adjacent to an activating group) is 1. The highest BCUT2D eigenvalue weighted by Gasteiger charge is 2.67. The number of phenolic OH excluding ortho intramolecular Hbond substituents is 1. The molecule has 0 aliphatic heterocycles. The number of primary amides is 1. The molecule has 3 aliphatic carbocycles. The zero-order valence-electron chi connectivity index (χ0n) is 21.7. The van der Waals surface area contributed by atoms with Gasteiger partial charge in [0.15, 0.2) is 11.4 Å². The number of fused-ring (bicyclic) bond motifs is 3. The van der Waals surface area contributed by atoms with Crippen LogP contribution >= 0.6 is 0 Å². The van der Waals surface area contributed by atoms with E-state index in [1.165, 1.54) is 25.1 Å². The van der Waals surface area contributed by atoms with E-state index in [2.05, 4.69) is 0 Å². The van der Waals surface area contributed by atoms with Gasteiger partial charge in [0.1, 0.15) is 22.8 Å². The van der Waals surface area contributed by atoms with Gasteiger partial charge < -0.3 is 41.5 Å². The van der Waals surface area contributed by atoms with E-state index in [0.717, 1.165) is 0 Å². The standard InChI is InChI=1S/C22H24N2O8.C4H6O4/c1-7-8-5-4-6-9(25)11(8)16(26)12-10(7)17(27)14-15(24(2)3)18(28)13(21(23)31)20(30)22(14,32)19(12)29;5-3(6)1-2-4(7)8/h4-7,10,14-15,17,25,27-29,32H,1-3H3,(H2,23,31);1-2H2,(H,5,6)(H,7,8)/t7-,10+,14-,15-,17-,22-;/m0./s1. The van der Waals surface area contributed by atoms with Gasteiger partial charge in [0.05, 0.1) is 36.5 Å². The number of Topliss-reactive ketones (excluding diaryl/α,β-unsaturated/α-hetero) is 2. The van der Waals surface area contributed by atoms with Gasteiger partial charge in [-0.3, -0.25) is 28.9 Å². The van der Waals surface area contributed by atoms with Crippen molar-refractivity contribution in [1.29, 1.82) is 0 Å². The van der Waals surface area contributed by atoms with Gasteiger partial charge >= 0.3 is 11.9 Å². The number of aliphatic carboxylic acids is 2. The first kappa shape index (κ1) is 30.3. The Kier molecular flexibility index (Phi) is 8.11. The maximum atomic E-state index is 13.3. The second-order valence-corrected chi connectivity index (χ2v) is 10.1. The van der Waals surface area contributed by atoms with E-state index in [1.807, 2.05) is 0 Å². The van der Waals surface area contributed by atoms with Gasteiger partial charge in [-0.15, -0.1) is 0 Å². The Labute approximate surface area is 227 Å². The molecule has 0 aromatic heterocycles. The van der Waals surface area contributed by atoms with E-state index in [4.69, 9.17) is 15.9 Å². The van der Waals surface area contributed by atoms with Crippen molar-refractivity contribution in [3.63, 3.8) is 0 Å². The monoisotopic (exact) mass is 562 g/mol. The van der Waals surface area contributed by atoms with Crippen LogP contribution in [0.5, 0.6) is 5.75 Å². The van der Waals surface area contributed by atoms with Crippen molar-refractivity contribution in [2.45, 2.75) is 43.4 Å². The van der Waals surface area contributed by atoms with Crippen LogP contribution in [0.2, 0.25) is 0 Å². The minimum absolute atomic E-state index is 0.104. The Hall–Kier alpha value is -4.27. The first-order valence-corrected chi connectivity index (χ1v) is 12.1. The maximum Gasteiger partial charge on any atom is 0.303 e. The van der Waals surface area contributed by atoms with Crippen LogP contribution in [-0.2, 0) is 19.2 Å². The Balaban J connectivity index is 0.000000482. The molecule has 9 N–H and O–H groups in total. The normalized spacial score (nSPS) is 29.2. The van der Waals surface area contributed by atoms with Crippen molar-refractivity contribution < 1.29 is 59.7 Å². The third-order valence-corrected chi connectivity index (χ3v) is 7.55. The molecule has 0 fully saturated rings. The highest BCUT2D eigenvalue weighted by molar-refractivity contribution is 6.25. The molecule has 0 unspecified atom stereocenters. The number of carboxylic acid groups (broad SMARTS) is 2. The number of rotatable bonds is 5. The summed E-state index contributed by atoms with van der Waals surface area (Å²) < 4.78 is 0. The molecule has 0 spiro atoms. The molecule has 0 radical (unpaired) electrons. The summed E-state index contributed by atoms with van der Waals surface area (Å²) in [6, 6.07) is 3.17. The van der Waals surface area contributed by atoms with E-state index < -0.39 is 87.6 Å². The smallest absolute Gasteiger partial charge is 0.303 e. The number of carboxylic acids is 2. The number of ketones is 2. The molecule has 0 saturated carbocycles. The van der Waals surface area contributed by atoms with Crippen LogP contribution in [0.3, 0.4) is 0 Å². The second-order valence-electron chi connectivity index (χ2n) is 10.1. The van der Waals surface area contributed by atoms with Crippen molar-refractivity contribution in [2.75, 3.05) is 14.1 Å². The average Bonchev–Trinajstić information content (AvgIpc) is 2.85. The third-order valence-electron chi connectivity index (χ3n) is 7.55. The van der Waals surface area contributed by atoms with E-state index in [9.17, 15) is 49.5 Å². The number of aliphatic hydroxyl groups is 4. The molecule has 0 heterocycles. The zero-order valence-corrected chi connectivity index (χ0v) is 21.7. The molecular weight excluding hydrogens is 532 g/mol. The molecule has 14 heteroatoms. The molecule has 1 aromatic rings. The predicted octanol–water partition coefficient (Wildman–Crippen LogP) is -0.412. The zero-order chi connectivity index (χ0) is 30.4. The number of nitrogens with two attached hydrogens (primary N) is 1. The molecule has 0 saturated heterocycles. The number of aliphatic hydroxyl groups excluding tert-OH is 3. The topological polar surface area (TPSA) is 256 Å². The van der Waals surface area contributed by atoms with Crippen molar-refractivity contribution in [2.24, 2.45) is 17.6 Å². The van der Waals surface area contributed by atoms with Crippen LogP contribution in [0.1, 0.15) is 41.6 Å². The van der Waals surface area contributed by atoms with E-state index >= 15 is 0 Å². The third kappa shape index (κ3) is 4.59. The number of phenols is 1. The minimum Gasteiger partial charge on any atom is -0.510 e. The number of aromatic hydroxyl groups is 1. The van der Waals surface area contributed by atoms with Crippen LogP contribution < -0.4 is 5.73 Å². The lowest BCUT2D eigenvalue weighted by Gasteiger charge is -2.53. The van der Waals surface area contributed by atoms with E-state index in [0.29, 0.717) is 5.56 Å². The second kappa shape index (κ2) is 10.7. The fourth-order valence-electron chi connectivity index (χ4n) is 5.80. The van der Waals surface area contributed by atoms with Crippen LogP contribution in [0.15, 0.2) is 40.9 Å². The molecule has 0 bridgehead atoms. The number of hydrogen-bond donors (Lipinski definition) is 8. The molecule has 6 atom stereocenters. The van der Waals surface area contributed by atoms with E-state index in [1.54, 1.807) is 19.1 Å². The lowest BCUT2D eigenvalue weighted by atomic mass is 9.55. The summed E-state index contributed by atoms with van der Waals surface area (Å²) in [5.41, 5.74) is 1.36. The van der Waals surface area contributed by atoms with Gasteiger partial charge in [0.25, 0.3) is 5.91 Å². The van der Waals surface area contributed by atoms with Crippen molar-refractivity contribution in [3.05, 3.63) is 52.0 Å². The quantitative estimate of drug-likeness (QED) is 0.213. The summed E-state index contributed by atoms with van der Waals surface area (Å²) >= 11 is 0. The van der Waals surface area contributed by atoms with Crippen molar-refractivity contribution >= 4 is 29.4 Å². The van der Waals surface area contributed by atoms with Crippen LogP contribution in [0.4, 0.5) is 0 Å². The fraction of sp³-hybridized carbons (Fsp3) is 0.423. The Morgan fingerprint density at radius 3 is 2.05 bits per heavy atom. The molecule has 14 nitrogen and oxygen atoms in total. The van der Waals surface area contributed by atoms with Crippen LogP contribution in [0, 0.1) is 11.8 Å². The molecule has 216 valence electrons. The van der Waals surface area contributed by atoms with Gasteiger partial charge in [0, 0.05) is 11.5 Å². The lowest BCUT2D eigenvalue weighted by molar-refractivity contribution is -0.162. The highest BCUT2D eigenvalue weighted by Crippen LogP contribution is 2.55. The predicted molar refractivity (Wildman–Crippen MR) is 134 cm³/mol. The number of hydrogen-bond acceptors (Lipinski definition) is 11. The number of carbonyl (C=O) groups excluding carboxylic acids is 3. The largest absolute Gasteiger partial charge is 0.510 e. The number of amides is 1. The summed E-state index contributed by atoms with van der Waals surface area (Å²) in [7, 11) is 2.98. The first-order chi connectivity index (χ1) is 18.5. The maximum absolute atomic E-state index is 13.3. The lowest BCUT2D eigenvalue weighted by Crippen LogP contribution is -2.68. The summed E-state index contributed by atoms with van der Waals surface area (Å²) in [6.45, 7) is 1.68. The Bertz CT molecular complexity index is 1350. The molecular formula is C26H30N2O12. The highest BCUT2D eigenvalue weighted by atomic mass is 16.4. The van der Waals surface area contributed by atoms with Crippen molar-refractivity contribution in [1.82, 2.24) is 4.90 Å². The molecule has 3 aliphatic rings. The fourth-order valence-corrected chi connectivity index (χ4v) is 5.80. The van der Waals surface area contributed by atoms with Gasteiger partial charge in [0.2, 0.25) is 5.78 Å².